The summed E-state index contributed by atoms with van der Waals surface area (Å²) in [7, 11) is 3.20. The quantitative estimate of drug-likeness (QED) is 0.790. The van der Waals surface area contributed by atoms with Gasteiger partial charge >= 0.3 is 0 Å². The van der Waals surface area contributed by atoms with E-state index in [1.54, 1.807) is 14.2 Å². The lowest BCUT2D eigenvalue weighted by Crippen LogP contribution is -2.28. The van der Waals surface area contributed by atoms with Crippen LogP contribution in [0.2, 0.25) is 0 Å². The number of nitrogens with one attached hydrogen (secondary N) is 1. The minimum absolute atomic E-state index is 0.196. The molecule has 1 N–H and O–H groups in total. The molecule has 0 heterocycles. The van der Waals surface area contributed by atoms with Gasteiger partial charge in [0.2, 0.25) is 5.91 Å². The number of ether oxygens (including phenoxy) is 2. The van der Waals surface area contributed by atoms with E-state index in [1.165, 1.54) is 0 Å². The lowest BCUT2D eigenvalue weighted by atomic mass is 10.1. The Labute approximate surface area is 141 Å². The van der Waals surface area contributed by atoms with Crippen LogP contribution in [0.25, 0.3) is 0 Å². The van der Waals surface area contributed by atoms with Gasteiger partial charge in [-0.2, -0.15) is 0 Å². The van der Waals surface area contributed by atoms with Crippen LogP contribution in [0.1, 0.15) is 16.5 Å². The molecule has 0 fully saturated rings. The van der Waals surface area contributed by atoms with E-state index in [4.69, 9.17) is 21.1 Å². The van der Waals surface area contributed by atoms with Crippen LogP contribution in [0.4, 0.5) is 0 Å². The van der Waals surface area contributed by atoms with Crippen molar-refractivity contribution in [1.82, 2.24) is 5.32 Å². The van der Waals surface area contributed by atoms with Crippen molar-refractivity contribution in [2.75, 3.05) is 20.8 Å². The van der Waals surface area contributed by atoms with Gasteiger partial charge in [-0.3, -0.25) is 4.79 Å². The van der Waals surface area contributed by atoms with E-state index < -0.39 is 5.38 Å². The second kappa shape index (κ2) is 8.44. The topological polar surface area (TPSA) is 47.6 Å². The lowest BCUT2D eigenvalue weighted by Gasteiger charge is -2.12. The number of carbonyl (C=O) groups is 1. The van der Waals surface area contributed by atoms with Crippen molar-refractivity contribution in [2.45, 2.75) is 11.8 Å². The van der Waals surface area contributed by atoms with Gasteiger partial charge in [0.1, 0.15) is 5.38 Å². The Morgan fingerprint density at radius 2 is 1.78 bits per heavy atom. The number of halogens is 1. The second-order valence-electron chi connectivity index (χ2n) is 5.00. The van der Waals surface area contributed by atoms with Crippen molar-refractivity contribution < 1.29 is 14.3 Å². The van der Waals surface area contributed by atoms with Crippen LogP contribution in [0.15, 0.2) is 48.5 Å². The molecule has 5 heteroatoms. The number of carbonyl (C=O) groups excluding carboxylic acids is 1. The molecule has 0 saturated heterocycles. The number of benzene rings is 2. The molecule has 1 atom stereocenters. The van der Waals surface area contributed by atoms with E-state index in [1.807, 2.05) is 48.5 Å². The molecule has 4 nitrogen and oxygen atoms in total. The molecule has 23 heavy (non-hydrogen) atoms. The summed E-state index contributed by atoms with van der Waals surface area (Å²) in [6.45, 7) is 0.504. The molecule has 2 aromatic rings. The van der Waals surface area contributed by atoms with Crippen LogP contribution in [-0.2, 0) is 11.2 Å². The van der Waals surface area contributed by atoms with Gasteiger partial charge in [-0.05, 0) is 29.7 Å². The van der Waals surface area contributed by atoms with Gasteiger partial charge in [-0.1, -0.05) is 36.4 Å². The van der Waals surface area contributed by atoms with Crippen molar-refractivity contribution >= 4 is 17.5 Å². The highest BCUT2D eigenvalue weighted by Gasteiger charge is 2.16. The average Bonchev–Trinajstić information content (AvgIpc) is 2.61. The number of amides is 1. The summed E-state index contributed by atoms with van der Waals surface area (Å²) in [6, 6.07) is 15.0. The Morgan fingerprint density at radius 1 is 1.09 bits per heavy atom. The molecule has 0 bridgehead atoms. The van der Waals surface area contributed by atoms with Crippen molar-refractivity contribution in [2.24, 2.45) is 0 Å². The van der Waals surface area contributed by atoms with Gasteiger partial charge in [0.25, 0.3) is 0 Å². The monoisotopic (exact) mass is 333 g/mol. The molecular formula is C18H20ClNO3. The SMILES string of the molecule is COc1ccc(CCNC(=O)C(Cl)c2ccccc2)cc1OC. The van der Waals surface area contributed by atoms with Crippen molar-refractivity contribution in [3.8, 4) is 11.5 Å². The minimum atomic E-state index is -0.679. The van der Waals surface area contributed by atoms with Gasteiger partial charge in [-0.15, -0.1) is 11.6 Å². The maximum Gasteiger partial charge on any atom is 0.242 e. The molecule has 1 amide bonds. The highest BCUT2D eigenvalue weighted by Crippen LogP contribution is 2.27. The van der Waals surface area contributed by atoms with E-state index >= 15 is 0 Å². The Bertz CT molecular complexity index is 646. The maximum atomic E-state index is 12.1. The van der Waals surface area contributed by atoms with Crippen LogP contribution in [-0.4, -0.2) is 26.7 Å². The predicted octanol–water partition coefficient (Wildman–Crippen LogP) is 3.34. The fourth-order valence-corrected chi connectivity index (χ4v) is 2.45. The summed E-state index contributed by atoms with van der Waals surface area (Å²) in [5.74, 6) is 1.17. The number of methoxy groups -OCH3 is 2. The highest BCUT2D eigenvalue weighted by atomic mass is 35.5. The smallest absolute Gasteiger partial charge is 0.242 e. The maximum absolute atomic E-state index is 12.1. The molecule has 0 aromatic heterocycles. The normalized spacial score (nSPS) is 11.6. The molecule has 0 saturated carbocycles. The first kappa shape index (κ1) is 17.2. The van der Waals surface area contributed by atoms with Crippen LogP contribution >= 0.6 is 11.6 Å². The zero-order valence-corrected chi connectivity index (χ0v) is 14.0. The Morgan fingerprint density at radius 3 is 2.43 bits per heavy atom. The Balaban J connectivity index is 1.88. The molecule has 0 aliphatic rings. The Hall–Kier alpha value is -2.20. The van der Waals surface area contributed by atoms with Gasteiger partial charge in [0, 0.05) is 6.54 Å². The Kier molecular flexibility index (Phi) is 6.29. The molecule has 2 aromatic carbocycles. The van der Waals surface area contributed by atoms with Gasteiger partial charge in [0.15, 0.2) is 11.5 Å². The van der Waals surface area contributed by atoms with Crippen LogP contribution in [0.3, 0.4) is 0 Å². The minimum Gasteiger partial charge on any atom is -0.493 e. The number of hydrogen-bond acceptors (Lipinski definition) is 3. The van der Waals surface area contributed by atoms with Crippen molar-refractivity contribution in [3.05, 3.63) is 59.7 Å². The summed E-state index contributed by atoms with van der Waals surface area (Å²) in [4.78, 5) is 12.1. The summed E-state index contributed by atoms with van der Waals surface area (Å²) in [5.41, 5.74) is 1.84. The molecule has 0 aliphatic heterocycles. The van der Waals surface area contributed by atoms with E-state index in [0.29, 0.717) is 24.5 Å². The summed E-state index contributed by atoms with van der Waals surface area (Å²) in [5, 5.41) is 2.17. The summed E-state index contributed by atoms with van der Waals surface area (Å²) < 4.78 is 10.5. The third-order valence-corrected chi connectivity index (χ3v) is 3.93. The zero-order valence-electron chi connectivity index (χ0n) is 13.2. The molecule has 0 aliphatic carbocycles. The fraction of sp³-hybridized carbons (Fsp3) is 0.278. The summed E-state index contributed by atoms with van der Waals surface area (Å²) in [6.07, 6.45) is 0.685. The molecule has 2 rings (SSSR count). The third kappa shape index (κ3) is 4.63. The van der Waals surface area contributed by atoms with Crippen LogP contribution in [0, 0.1) is 0 Å². The van der Waals surface area contributed by atoms with Gasteiger partial charge in [0.05, 0.1) is 14.2 Å². The lowest BCUT2D eigenvalue weighted by molar-refractivity contribution is -0.120. The number of hydrogen-bond donors (Lipinski definition) is 1. The van der Waals surface area contributed by atoms with Crippen molar-refractivity contribution in [3.63, 3.8) is 0 Å². The first-order valence-electron chi connectivity index (χ1n) is 7.33. The van der Waals surface area contributed by atoms with Crippen molar-refractivity contribution in [1.29, 1.82) is 0 Å². The van der Waals surface area contributed by atoms with Crippen LogP contribution in [0.5, 0.6) is 11.5 Å². The zero-order chi connectivity index (χ0) is 16.7. The predicted molar refractivity (Wildman–Crippen MR) is 91.3 cm³/mol. The van der Waals surface area contributed by atoms with E-state index in [9.17, 15) is 4.79 Å². The molecular weight excluding hydrogens is 314 g/mol. The van der Waals surface area contributed by atoms with Crippen LogP contribution < -0.4 is 14.8 Å². The summed E-state index contributed by atoms with van der Waals surface area (Å²) >= 11 is 6.18. The molecule has 0 spiro atoms. The molecule has 1 unspecified atom stereocenters. The second-order valence-corrected chi connectivity index (χ2v) is 5.44. The van der Waals surface area contributed by atoms with E-state index in [-0.39, 0.29) is 5.91 Å². The average molecular weight is 334 g/mol. The molecule has 0 radical (unpaired) electrons. The highest BCUT2D eigenvalue weighted by molar-refractivity contribution is 6.30. The largest absolute Gasteiger partial charge is 0.493 e. The van der Waals surface area contributed by atoms with E-state index in [2.05, 4.69) is 5.32 Å². The third-order valence-electron chi connectivity index (χ3n) is 3.48. The first-order chi connectivity index (χ1) is 11.2. The standard InChI is InChI=1S/C18H20ClNO3/c1-22-15-9-8-13(12-16(15)23-2)10-11-20-18(21)17(19)14-6-4-3-5-7-14/h3-9,12,17H,10-11H2,1-2H3,(H,20,21). The van der Waals surface area contributed by atoms with E-state index in [0.717, 1.165) is 11.1 Å². The van der Waals surface area contributed by atoms with Gasteiger partial charge in [-0.25, -0.2) is 0 Å². The molecule has 122 valence electrons. The number of alkyl halides is 1. The first-order valence-corrected chi connectivity index (χ1v) is 7.77. The van der Waals surface area contributed by atoms with Gasteiger partial charge < -0.3 is 14.8 Å². The number of rotatable bonds is 7. The fourth-order valence-electron chi connectivity index (χ4n) is 2.23.